The van der Waals surface area contributed by atoms with Gasteiger partial charge in [0.15, 0.2) is 11.6 Å². The summed E-state index contributed by atoms with van der Waals surface area (Å²) < 4.78 is 0. The number of aliphatic hydroxyl groups excluding tert-OH is 2. The maximum absolute atomic E-state index is 12.1. The number of nitrogens with two attached hydrogens (primary N) is 1. The number of ketones is 2. The molecule has 0 aliphatic carbocycles. The van der Waals surface area contributed by atoms with Crippen molar-refractivity contribution >= 4 is 52.1 Å². The smallest absolute Gasteiger partial charge is 0.179 e. The number of hydrogen-bond donors (Lipinski definition) is 5. The van der Waals surface area contributed by atoms with Gasteiger partial charge in [-0.3, -0.25) is 9.59 Å². The molecule has 0 radical (unpaired) electrons. The Hall–Kier alpha value is -1.71. The predicted molar refractivity (Wildman–Crippen MR) is 144 cm³/mol. The number of halogens is 3. The van der Waals surface area contributed by atoms with Crippen LogP contribution in [-0.2, 0) is 0 Å². The Morgan fingerprint density at radius 3 is 1.97 bits per heavy atom. The van der Waals surface area contributed by atoms with Crippen LogP contribution >= 0.6 is 34.8 Å². The van der Waals surface area contributed by atoms with Gasteiger partial charge in [-0.15, -0.1) is 0 Å². The molecule has 10 heteroatoms. The summed E-state index contributed by atoms with van der Waals surface area (Å²) in [6.07, 6.45) is 0. The van der Waals surface area contributed by atoms with Crippen molar-refractivity contribution in [3.63, 3.8) is 0 Å². The second kappa shape index (κ2) is 13.6. The number of Topliss-reactive ketones (excluding diaryl/α,β-unsaturated/α-hetero) is 2. The van der Waals surface area contributed by atoms with Gasteiger partial charge >= 0.3 is 0 Å². The van der Waals surface area contributed by atoms with Crippen LogP contribution in [0.25, 0.3) is 0 Å². The molecule has 0 fully saturated rings. The number of nitrogen functional groups attached to an aromatic ring is 1. The van der Waals surface area contributed by atoms with Crippen LogP contribution in [0.3, 0.4) is 0 Å². The molecule has 2 aromatic rings. The number of carbonyl (C=O) groups is 2. The molecule has 1 atom stereocenters. The summed E-state index contributed by atoms with van der Waals surface area (Å²) in [6.45, 7) is 9.05. The molecule has 35 heavy (non-hydrogen) atoms. The monoisotopic (exact) mass is 545 g/mol. The third-order valence-electron chi connectivity index (χ3n) is 5.03. The van der Waals surface area contributed by atoms with Crippen LogP contribution in [0.15, 0.2) is 36.4 Å². The van der Waals surface area contributed by atoms with Gasteiger partial charge < -0.3 is 26.6 Å². The number of hydrogen-bond acceptors (Lipinski definition) is 7. The third-order valence-corrected chi connectivity index (χ3v) is 5.89. The lowest BCUT2D eigenvalue weighted by Gasteiger charge is -2.27. The predicted octanol–water partition coefficient (Wildman–Crippen LogP) is 4.39. The lowest BCUT2D eigenvalue weighted by atomic mass is 10.0. The van der Waals surface area contributed by atoms with Gasteiger partial charge in [-0.25, -0.2) is 0 Å². The summed E-state index contributed by atoms with van der Waals surface area (Å²) in [5.74, 6) is -0.200. The minimum atomic E-state index is -0.517. The van der Waals surface area contributed by atoms with Crippen molar-refractivity contribution in [3.05, 3.63) is 62.6 Å². The average molecular weight is 547 g/mol. The zero-order valence-corrected chi connectivity index (χ0v) is 22.9. The van der Waals surface area contributed by atoms with Gasteiger partial charge in [0.25, 0.3) is 0 Å². The van der Waals surface area contributed by atoms with Crippen molar-refractivity contribution in [1.82, 2.24) is 10.6 Å². The van der Waals surface area contributed by atoms with E-state index in [1.165, 1.54) is 12.1 Å². The first kappa shape index (κ1) is 31.3. The van der Waals surface area contributed by atoms with Crippen molar-refractivity contribution in [1.29, 1.82) is 0 Å². The Balaban J connectivity index is 0.000000351. The van der Waals surface area contributed by atoms with Crippen LogP contribution in [0.4, 0.5) is 5.69 Å². The Morgan fingerprint density at radius 1 is 0.943 bits per heavy atom. The van der Waals surface area contributed by atoms with Crippen LogP contribution in [0, 0.1) is 0 Å². The fourth-order valence-corrected chi connectivity index (χ4v) is 3.49. The van der Waals surface area contributed by atoms with Gasteiger partial charge in [-0.1, -0.05) is 46.9 Å². The standard InChI is InChI=1S/C13H18ClNO2.C12H16Cl2N2O2/c1-9(15-13(2,3)8-16)12(17)10-5-4-6-11(14)7-10;1-12(2,6-17)16-5-10(18)7-3-8(13)11(15)9(14)4-7/h4-7,9,15-16H,8H2,1-3H3;3-4,16-17H,5-6,15H2,1-2H3. The van der Waals surface area contributed by atoms with E-state index in [0.29, 0.717) is 16.1 Å². The fourth-order valence-electron chi connectivity index (χ4n) is 2.81. The Bertz CT molecular complexity index is 1010. The quantitative estimate of drug-likeness (QED) is 0.221. The van der Waals surface area contributed by atoms with Crippen molar-refractivity contribution in [3.8, 4) is 0 Å². The van der Waals surface area contributed by atoms with Crippen molar-refractivity contribution in [2.45, 2.75) is 51.7 Å². The molecule has 1 unspecified atom stereocenters. The molecule has 7 nitrogen and oxygen atoms in total. The molecule has 6 N–H and O–H groups in total. The normalized spacial score (nSPS) is 12.5. The van der Waals surface area contributed by atoms with E-state index in [1.54, 1.807) is 45.0 Å². The molecule has 0 amide bonds. The second-order valence-electron chi connectivity index (χ2n) is 9.45. The first-order chi connectivity index (χ1) is 16.1. The second-order valence-corrected chi connectivity index (χ2v) is 10.7. The Kier molecular flexibility index (Phi) is 12.1. The number of benzene rings is 2. The topological polar surface area (TPSA) is 125 Å². The SMILES string of the molecule is CC(C)(CO)NCC(=O)c1cc(Cl)c(N)c(Cl)c1.CC(NC(C)(C)CO)C(=O)c1cccc(Cl)c1. The van der Waals surface area contributed by atoms with Crippen molar-refractivity contribution in [2.75, 3.05) is 25.5 Å². The maximum atomic E-state index is 12.1. The van der Waals surface area contributed by atoms with Crippen molar-refractivity contribution in [2.24, 2.45) is 0 Å². The van der Waals surface area contributed by atoms with E-state index < -0.39 is 11.1 Å². The van der Waals surface area contributed by atoms with E-state index in [4.69, 9.17) is 50.7 Å². The third kappa shape index (κ3) is 10.4. The summed E-state index contributed by atoms with van der Waals surface area (Å²) >= 11 is 17.6. The minimum Gasteiger partial charge on any atom is -0.396 e. The first-order valence-electron chi connectivity index (χ1n) is 10.9. The first-order valence-corrected chi connectivity index (χ1v) is 12.1. The molecular weight excluding hydrogens is 513 g/mol. The summed E-state index contributed by atoms with van der Waals surface area (Å²) in [5, 5.41) is 25.3. The highest BCUT2D eigenvalue weighted by molar-refractivity contribution is 6.39. The van der Waals surface area contributed by atoms with Crippen LogP contribution in [0.5, 0.6) is 0 Å². The maximum Gasteiger partial charge on any atom is 0.179 e. The number of carbonyl (C=O) groups excluding carboxylic acids is 2. The van der Waals surface area contributed by atoms with Gasteiger partial charge in [-0.05, 0) is 58.9 Å². The molecule has 0 heterocycles. The van der Waals surface area contributed by atoms with E-state index in [-0.39, 0.29) is 53.1 Å². The number of anilines is 1. The molecular formula is C25H34Cl3N3O4. The number of nitrogens with one attached hydrogen (secondary N) is 2. The Labute approximate surface area is 221 Å². The largest absolute Gasteiger partial charge is 0.396 e. The summed E-state index contributed by atoms with van der Waals surface area (Å²) in [5.41, 5.74) is 5.82. The lowest BCUT2D eigenvalue weighted by Crippen LogP contribution is -2.50. The molecule has 194 valence electrons. The molecule has 0 spiro atoms. The summed E-state index contributed by atoms with van der Waals surface area (Å²) in [6, 6.07) is 9.47. The molecule has 0 aliphatic heterocycles. The van der Waals surface area contributed by atoms with E-state index >= 15 is 0 Å². The molecule has 2 aromatic carbocycles. The van der Waals surface area contributed by atoms with Gasteiger partial charge in [0, 0.05) is 27.2 Å². The van der Waals surface area contributed by atoms with E-state index in [1.807, 2.05) is 13.8 Å². The zero-order chi connectivity index (χ0) is 27.0. The molecule has 0 saturated carbocycles. The van der Waals surface area contributed by atoms with E-state index in [2.05, 4.69) is 10.6 Å². The van der Waals surface area contributed by atoms with E-state index in [9.17, 15) is 9.59 Å². The van der Waals surface area contributed by atoms with Gasteiger partial charge in [0.2, 0.25) is 0 Å². The molecule has 2 rings (SSSR count). The Morgan fingerprint density at radius 2 is 1.49 bits per heavy atom. The van der Waals surface area contributed by atoms with Crippen LogP contribution in [0.2, 0.25) is 15.1 Å². The van der Waals surface area contributed by atoms with Gasteiger partial charge in [-0.2, -0.15) is 0 Å². The van der Waals surface area contributed by atoms with Crippen molar-refractivity contribution < 1.29 is 19.8 Å². The van der Waals surface area contributed by atoms with Crippen LogP contribution in [0.1, 0.15) is 55.3 Å². The van der Waals surface area contributed by atoms with Crippen LogP contribution < -0.4 is 16.4 Å². The highest BCUT2D eigenvalue weighted by Crippen LogP contribution is 2.29. The lowest BCUT2D eigenvalue weighted by molar-refractivity contribution is 0.0911. The number of rotatable bonds is 10. The molecule has 0 saturated heterocycles. The minimum absolute atomic E-state index is 0.0276. The molecule has 0 bridgehead atoms. The molecule has 0 aromatic heterocycles. The van der Waals surface area contributed by atoms with Gasteiger partial charge in [0.1, 0.15) is 0 Å². The van der Waals surface area contributed by atoms with Crippen LogP contribution in [-0.4, -0.2) is 58.7 Å². The highest BCUT2D eigenvalue weighted by atomic mass is 35.5. The van der Waals surface area contributed by atoms with E-state index in [0.717, 1.165) is 0 Å². The zero-order valence-electron chi connectivity index (χ0n) is 20.6. The summed E-state index contributed by atoms with van der Waals surface area (Å²) in [7, 11) is 0. The highest BCUT2D eigenvalue weighted by Gasteiger charge is 2.23. The van der Waals surface area contributed by atoms with Gasteiger partial charge in [0.05, 0.1) is 41.5 Å². The number of aliphatic hydroxyl groups is 2. The summed E-state index contributed by atoms with van der Waals surface area (Å²) in [4.78, 5) is 24.0. The fraction of sp³-hybridized carbons (Fsp3) is 0.440. The molecule has 0 aliphatic rings. The average Bonchev–Trinajstić information content (AvgIpc) is 2.80.